The van der Waals surface area contributed by atoms with E-state index in [1.165, 1.54) is 6.07 Å². The standard InChI is InChI=1S/C19H19F2NO4S/c1-26-19(24)17(10-11-27(25)13-6-3-2-4-7-13)22-18(23)12-14-15(20)8-5-9-16(14)21/h2-9,17H,10-12H2,1H3,(H,22,23)/t17-,27+/m1/s1. The number of ether oxygens (including phenoxy) is 1. The second-order valence-electron chi connectivity index (χ2n) is 5.67. The second-order valence-corrected chi connectivity index (χ2v) is 7.24. The zero-order valence-corrected chi connectivity index (χ0v) is 15.4. The Hall–Kier alpha value is -2.61. The van der Waals surface area contributed by atoms with Gasteiger partial charge in [-0.05, 0) is 30.7 Å². The fraction of sp³-hybridized carbons (Fsp3) is 0.263. The van der Waals surface area contributed by atoms with Gasteiger partial charge in [-0.3, -0.25) is 9.00 Å². The van der Waals surface area contributed by atoms with Crippen LogP contribution in [0.2, 0.25) is 0 Å². The first-order chi connectivity index (χ1) is 12.9. The molecule has 0 saturated carbocycles. The van der Waals surface area contributed by atoms with E-state index in [9.17, 15) is 22.6 Å². The van der Waals surface area contributed by atoms with Crippen molar-refractivity contribution in [2.24, 2.45) is 0 Å². The Labute approximate surface area is 158 Å². The van der Waals surface area contributed by atoms with Crippen LogP contribution in [0, 0.1) is 11.6 Å². The summed E-state index contributed by atoms with van der Waals surface area (Å²) in [6, 6.07) is 10.9. The van der Waals surface area contributed by atoms with Gasteiger partial charge in [0.05, 0.1) is 24.3 Å². The molecule has 0 fully saturated rings. The van der Waals surface area contributed by atoms with Crippen LogP contribution in [-0.2, 0) is 31.5 Å². The summed E-state index contributed by atoms with van der Waals surface area (Å²) in [4.78, 5) is 24.6. The van der Waals surface area contributed by atoms with Crippen molar-refractivity contribution in [3.05, 3.63) is 65.7 Å². The number of halogens is 2. The molecular weight excluding hydrogens is 376 g/mol. The molecule has 0 radical (unpaired) electrons. The Balaban J connectivity index is 2.00. The van der Waals surface area contributed by atoms with Crippen molar-refractivity contribution in [3.8, 4) is 0 Å². The molecule has 0 unspecified atom stereocenters. The molecule has 0 aromatic heterocycles. The van der Waals surface area contributed by atoms with Crippen LogP contribution in [-0.4, -0.2) is 35.0 Å². The molecule has 0 heterocycles. The number of rotatable bonds is 8. The predicted octanol–water partition coefficient (Wildman–Crippen LogP) is 2.36. The van der Waals surface area contributed by atoms with Gasteiger partial charge in [0.2, 0.25) is 5.91 Å². The van der Waals surface area contributed by atoms with Gasteiger partial charge < -0.3 is 10.1 Å². The largest absolute Gasteiger partial charge is 0.467 e. The van der Waals surface area contributed by atoms with Gasteiger partial charge in [-0.15, -0.1) is 0 Å². The molecule has 1 N–H and O–H groups in total. The Morgan fingerprint density at radius 2 is 1.70 bits per heavy atom. The van der Waals surface area contributed by atoms with Gasteiger partial charge in [0.1, 0.15) is 17.7 Å². The molecule has 0 aliphatic heterocycles. The number of carbonyl (C=O) groups is 2. The molecule has 2 rings (SSSR count). The molecule has 144 valence electrons. The van der Waals surface area contributed by atoms with Gasteiger partial charge in [0, 0.05) is 16.2 Å². The highest BCUT2D eigenvalue weighted by Gasteiger charge is 2.23. The zero-order chi connectivity index (χ0) is 19.8. The predicted molar refractivity (Wildman–Crippen MR) is 96.3 cm³/mol. The molecule has 2 atom stereocenters. The number of amides is 1. The summed E-state index contributed by atoms with van der Waals surface area (Å²) >= 11 is 0. The van der Waals surface area contributed by atoms with Crippen molar-refractivity contribution in [3.63, 3.8) is 0 Å². The van der Waals surface area contributed by atoms with Crippen LogP contribution in [0.5, 0.6) is 0 Å². The number of esters is 1. The number of hydrogen-bond acceptors (Lipinski definition) is 4. The van der Waals surface area contributed by atoms with E-state index in [2.05, 4.69) is 10.1 Å². The van der Waals surface area contributed by atoms with E-state index in [0.29, 0.717) is 4.90 Å². The quantitative estimate of drug-likeness (QED) is 0.697. The molecular formula is C19H19F2NO4S. The number of methoxy groups -OCH3 is 1. The molecule has 0 bridgehead atoms. The molecule has 0 spiro atoms. The SMILES string of the molecule is COC(=O)[C@@H](CC[S@](=O)c1ccccc1)NC(=O)Cc1c(F)cccc1F. The Kier molecular flexibility index (Phi) is 7.60. The fourth-order valence-corrected chi connectivity index (χ4v) is 3.56. The van der Waals surface area contributed by atoms with Crippen LogP contribution in [0.4, 0.5) is 8.78 Å². The van der Waals surface area contributed by atoms with E-state index in [0.717, 1.165) is 19.2 Å². The summed E-state index contributed by atoms with van der Waals surface area (Å²) in [6.07, 6.45) is -0.506. The lowest BCUT2D eigenvalue weighted by atomic mass is 10.1. The zero-order valence-electron chi connectivity index (χ0n) is 14.6. The number of nitrogens with one attached hydrogen (secondary N) is 1. The highest BCUT2D eigenvalue weighted by atomic mass is 32.2. The summed E-state index contributed by atoms with van der Waals surface area (Å²) in [6.45, 7) is 0. The normalized spacial score (nSPS) is 12.9. The van der Waals surface area contributed by atoms with Gasteiger partial charge in [-0.2, -0.15) is 0 Å². The molecule has 27 heavy (non-hydrogen) atoms. The maximum atomic E-state index is 13.7. The van der Waals surface area contributed by atoms with Gasteiger partial charge in [0.15, 0.2) is 0 Å². The van der Waals surface area contributed by atoms with E-state index >= 15 is 0 Å². The minimum atomic E-state index is -1.36. The van der Waals surface area contributed by atoms with Crippen LogP contribution >= 0.6 is 0 Å². The van der Waals surface area contributed by atoms with Gasteiger partial charge in [0.25, 0.3) is 0 Å². The fourth-order valence-electron chi connectivity index (χ4n) is 2.41. The summed E-state index contributed by atoms with van der Waals surface area (Å²) in [7, 11) is -0.203. The lowest BCUT2D eigenvalue weighted by Gasteiger charge is -2.16. The summed E-state index contributed by atoms with van der Waals surface area (Å²) in [5, 5.41) is 2.40. The Morgan fingerprint density at radius 1 is 1.07 bits per heavy atom. The van der Waals surface area contributed by atoms with Crippen LogP contribution in [0.25, 0.3) is 0 Å². The number of hydrogen-bond donors (Lipinski definition) is 1. The first-order valence-electron chi connectivity index (χ1n) is 8.16. The van der Waals surface area contributed by atoms with Crippen LogP contribution in [0.15, 0.2) is 53.4 Å². The third kappa shape index (κ3) is 5.96. The number of carbonyl (C=O) groups excluding carboxylic acids is 2. The first-order valence-corrected chi connectivity index (χ1v) is 9.47. The summed E-state index contributed by atoms with van der Waals surface area (Å²) in [5.41, 5.74) is -0.383. The lowest BCUT2D eigenvalue weighted by Crippen LogP contribution is -2.43. The average molecular weight is 395 g/mol. The highest BCUT2D eigenvalue weighted by molar-refractivity contribution is 7.85. The van der Waals surface area contributed by atoms with Gasteiger partial charge >= 0.3 is 5.97 Å². The van der Waals surface area contributed by atoms with Crippen molar-refractivity contribution >= 4 is 22.7 Å². The van der Waals surface area contributed by atoms with Crippen molar-refractivity contribution in [2.45, 2.75) is 23.8 Å². The third-order valence-corrected chi connectivity index (χ3v) is 5.22. The first kappa shape index (κ1) is 20.7. The molecule has 2 aromatic carbocycles. The van der Waals surface area contributed by atoms with E-state index < -0.39 is 46.8 Å². The summed E-state index contributed by atoms with van der Waals surface area (Å²) < 4.78 is 44.2. The average Bonchev–Trinajstić information content (AvgIpc) is 2.67. The van der Waals surface area contributed by atoms with E-state index in [1.54, 1.807) is 30.3 Å². The molecule has 1 amide bonds. The van der Waals surface area contributed by atoms with Crippen molar-refractivity contribution in [1.29, 1.82) is 0 Å². The maximum Gasteiger partial charge on any atom is 0.328 e. The maximum absolute atomic E-state index is 13.7. The Bertz CT molecular complexity index is 809. The van der Waals surface area contributed by atoms with Gasteiger partial charge in [-0.1, -0.05) is 24.3 Å². The minimum absolute atomic E-state index is 0.0552. The van der Waals surface area contributed by atoms with Crippen molar-refractivity contribution in [1.82, 2.24) is 5.32 Å². The topological polar surface area (TPSA) is 72.5 Å². The van der Waals surface area contributed by atoms with Gasteiger partial charge in [-0.25, -0.2) is 13.6 Å². The van der Waals surface area contributed by atoms with Crippen molar-refractivity contribution in [2.75, 3.05) is 12.9 Å². The smallest absolute Gasteiger partial charge is 0.328 e. The van der Waals surface area contributed by atoms with Crippen molar-refractivity contribution < 1.29 is 27.3 Å². The molecule has 0 saturated heterocycles. The summed E-state index contributed by atoms with van der Waals surface area (Å²) in [5.74, 6) is -3.03. The third-order valence-electron chi connectivity index (χ3n) is 3.82. The molecule has 8 heteroatoms. The second kappa shape index (κ2) is 9.91. The van der Waals surface area contributed by atoms with E-state index in [-0.39, 0.29) is 17.7 Å². The number of benzene rings is 2. The lowest BCUT2D eigenvalue weighted by molar-refractivity contribution is -0.145. The molecule has 0 aliphatic rings. The monoisotopic (exact) mass is 395 g/mol. The molecule has 0 aliphatic carbocycles. The minimum Gasteiger partial charge on any atom is -0.467 e. The van der Waals surface area contributed by atoms with Crippen LogP contribution in [0.1, 0.15) is 12.0 Å². The molecule has 5 nitrogen and oxygen atoms in total. The van der Waals surface area contributed by atoms with Crippen LogP contribution in [0.3, 0.4) is 0 Å². The van der Waals surface area contributed by atoms with E-state index in [4.69, 9.17) is 0 Å². The van der Waals surface area contributed by atoms with Crippen LogP contribution < -0.4 is 5.32 Å². The highest BCUT2D eigenvalue weighted by Crippen LogP contribution is 2.13. The Morgan fingerprint density at radius 3 is 2.30 bits per heavy atom. The molecule has 2 aromatic rings. The van der Waals surface area contributed by atoms with E-state index in [1.807, 2.05) is 0 Å².